The number of methoxy groups -OCH3 is 1. The van der Waals surface area contributed by atoms with Gasteiger partial charge in [0.2, 0.25) is 11.7 Å². The molecular formula is C10H15N3O2. The molecule has 0 spiro atoms. The summed E-state index contributed by atoms with van der Waals surface area (Å²) in [5.74, 6) is 0.0100. The molecule has 15 heavy (non-hydrogen) atoms. The third-order valence-electron chi connectivity index (χ3n) is 2.03. The number of nitrogens with two attached hydrogens (primary N) is 1. The van der Waals surface area contributed by atoms with Crippen molar-refractivity contribution in [1.29, 1.82) is 0 Å². The highest BCUT2D eigenvalue weighted by Crippen LogP contribution is 2.13. The van der Waals surface area contributed by atoms with Crippen molar-refractivity contribution < 1.29 is 9.53 Å². The van der Waals surface area contributed by atoms with Crippen molar-refractivity contribution in [3.8, 4) is 5.88 Å². The Morgan fingerprint density at radius 1 is 1.53 bits per heavy atom. The molecule has 0 aliphatic heterocycles. The van der Waals surface area contributed by atoms with Crippen molar-refractivity contribution >= 4 is 5.78 Å². The number of Topliss-reactive ketones (excluding diaryl/α,β-unsaturated/α-hetero) is 1. The van der Waals surface area contributed by atoms with E-state index in [1.165, 1.54) is 19.5 Å². The van der Waals surface area contributed by atoms with Crippen molar-refractivity contribution in [2.24, 2.45) is 5.73 Å². The summed E-state index contributed by atoms with van der Waals surface area (Å²) in [5, 5.41) is 0. The van der Waals surface area contributed by atoms with Crippen molar-refractivity contribution in [1.82, 2.24) is 9.97 Å². The van der Waals surface area contributed by atoms with E-state index >= 15 is 0 Å². The Morgan fingerprint density at radius 2 is 2.20 bits per heavy atom. The van der Waals surface area contributed by atoms with Gasteiger partial charge < -0.3 is 10.5 Å². The van der Waals surface area contributed by atoms with Crippen LogP contribution in [0.15, 0.2) is 12.4 Å². The lowest BCUT2D eigenvalue weighted by Gasteiger charge is -2.09. The summed E-state index contributed by atoms with van der Waals surface area (Å²) in [5.41, 5.74) is 5.92. The minimum Gasteiger partial charge on any atom is -0.479 e. The highest BCUT2D eigenvalue weighted by Gasteiger charge is 2.20. The summed E-state index contributed by atoms with van der Waals surface area (Å²) in [6.07, 6.45) is 4.42. The van der Waals surface area contributed by atoms with Crippen LogP contribution in [-0.2, 0) is 0 Å². The van der Waals surface area contributed by atoms with Gasteiger partial charge in [0.05, 0.1) is 13.2 Å². The van der Waals surface area contributed by atoms with Gasteiger partial charge in [0, 0.05) is 12.4 Å². The fourth-order valence-corrected chi connectivity index (χ4v) is 1.26. The lowest BCUT2D eigenvalue weighted by molar-refractivity contribution is 0.0947. The van der Waals surface area contributed by atoms with E-state index in [0.717, 1.165) is 6.42 Å². The van der Waals surface area contributed by atoms with Gasteiger partial charge in [-0.05, 0) is 6.42 Å². The zero-order chi connectivity index (χ0) is 11.3. The molecule has 1 aromatic rings. The molecule has 1 heterocycles. The first-order valence-corrected chi connectivity index (χ1v) is 4.85. The first-order valence-electron chi connectivity index (χ1n) is 4.85. The maximum Gasteiger partial charge on any atom is 0.243 e. The number of nitrogens with zero attached hydrogens (tertiary/aromatic N) is 2. The molecule has 0 aromatic carbocycles. The van der Waals surface area contributed by atoms with E-state index in [2.05, 4.69) is 9.97 Å². The van der Waals surface area contributed by atoms with Gasteiger partial charge in [-0.15, -0.1) is 0 Å². The van der Waals surface area contributed by atoms with Crippen molar-refractivity contribution in [2.75, 3.05) is 7.11 Å². The Balaban J connectivity index is 2.90. The van der Waals surface area contributed by atoms with Crippen LogP contribution in [0.25, 0.3) is 0 Å². The average molecular weight is 209 g/mol. The number of carbonyl (C=O) groups excluding carboxylic acids is 1. The third kappa shape index (κ3) is 2.73. The van der Waals surface area contributed by atoms with Crippen LogP contribution in [0.2, 0.25) is 0 Å². The number of ether oxygens (including phenoxy) is 1. The summed E-state index contributed by atoms with van der Waals surface area (Å²) >= 11 is 0. The van der Waals surface area contributed by atoms with Crippen LogP contribution >= 0.6 is 0 Å². The van der Waals surface area contributed by atoms with E-state index in [0.29, 0.717) is 6.42 Å². The van der Waals surface area contributed by atoms with Crippen LogP contribution in [0.5, 0.6) is 5.88 Å². The molecule has 1 rings (SSSR count). The van der Waals surface area contributed by atoms with Gasteiger partial charge in [0.25, 0.3) is 0 Å². The van der Waals surface area contributed by atoms with E-state index in [9.17, 15) is 4.79 Å². The van der Waals surface area contributed by atoms with Crippen LogP contribution in [0.4, 0.5) is 0 Å². The molecule has 5 heteroatoms. The molecule has 0 saturated carbocycles. The third-order valence-corrected chi connectivity index (χ3v) is 2.03. The Labute approximate surface area is 88.7 Å². The second-order valence-corrected chi connectivity index (χ2v) is 3.17. The van der Waals surface area contributed by atoms with Crippen molar-refractivity contribution in [2.45, 2.75) is 25.8 Å². The van der Waals surface area contributed by atoms with Crippen LogP contribution in [-0.4, -0.2) is 28.9 Å². The van der Waals surface area contributed by atoms with Crippen molar-refractivity contribution in [3.05, 3.63) is 18.1 Å². The Kier molecular flexibility index (Phi) is 4.17. The average Bonchev–Trinajstić information content (AvgIpc) is 2.28. The lowest BCUT2D eigenvalue weighted by atomic mass is 10.1. The van der Waals surface area contributed by atoms with Gasteiger partial charge in [-0.25, -0.2) is 9.97 Å². The zero-order valence-corrected chi connectivity index (χ0v) is 8.93. The minimum absolute atomic E-state index is 0.209. The SMILES string of the molecule is CCCC(N)C(=O)c1nccnc1OC. The Bertz CT molecular complexity index is 341. The summed E-state index contributed by atoms with van der Waals surface area (Å²) in [7, 11) is 1.45. The Morgan fingerprint density at radius 3 is 2.80 bits per heavy atom. The largest absolute Gasteiger partial charge is 0.479 e. The van der Waals surface area contributed by atoms with Crippen LogP contribution in [0, 0.1) is 0 Å². The van der Waals surface area contributed by atoms with Gasteiger partial charge in [-0.3, -0.25) is 4.79 Å². The molecule has 0 radical (unpaired) electrons. The maximum absolute atomic E-state index is 11.8. The first-order chi connectivity index (χ1) is 7.20. The van der Waals surface area contributed by atoms with E-state index < -0.39 is 6.04 Å². The van der Waals surface area contributed by atoms with E-state index in [4.69, 9.17) is 10.5 Å². The molecule has 1 atom stereocenters. The predicted octanol–water partition coefficient (Wildman–Crippen LogP) is 0.795. The number of ketones is 1. The molecule has 2 N–H and O–H groups in total. The number of hydrogen-bond donors (Lipinski definition) is 1. The standard InChI is InChI=1S/C10H15N3O2/c1-3-4-7(11)9(14)8-10(15-2)13-6-5-12-8/h5-7H,3-4,11H2,1-2H3. The normalized spacial score (nSPS) is 12.2. The fourth-order valence-electron chi connectivity index (χ4n) is 1.26. The van der Waals surface area contributed by atoms with Gasteiger partial charge >= 0.3 is 0 Å². The van der Waals surface area contributed by atoms with Gasteiger partial charge in [0.1, 0.15) is 0 Å². The number of aromatic nitrogens is 2. The van der Waals surface area contributed by atoms with Crippen LogP contribution in [0.1, 0.15) is 30.3 Å². The van der Waals surface area contributed by atoms with Gasteiger partial charge in [-0.1, -0.05) is 13.3 Å². The first kappa shape index (κ1) is 11.6. The van der Waals surface area contributed by atoms with E-state index in [-0.39, 0.29) is 17.4 Å². The molecule has 0 fully saturated rings. The number of rotatable bonds is 5. The highest BCUT2D eigenvalue weighted by atomic mass is 16.5. The molecule has 0 aliphatic rings. The van der Waals surface area contributed by atoms with E-state index in [1.54, 1.807) is 0 Å². The monoisotopic (exact) mass is 209 g/mol. The van der Waals surface area contributed by atoms with Gasteiger partial charge in [0.15, 0.2) is 5.69 Å². The quantitative estimate of drug-likeness (QED) is 0.725. The van der Waals surface area contributed by atoms with Crippen LogP contribution < -0.4 is 10.5 Å². The molecule has 5 nitrogen and oxygen atoms in total. The zero-order valence-electron chi connectivity index (χ0n) is 8.93. The van der Waals surface area contributed by atoms with Gasteiger partial charge in [-0.2, -0.15) is 0 Å². The van der Waals surface area contributed by atoms with E-state index in [1.807, 2.05) is 6.92 Å². The summed E-state index contributed by atoms with van der Waals surface area (Å²) in [4.78, 5) is 19.6. The molecular weight excluding hydrogens is 194 g/mol. The molecule has 0 amide bonds. The summed E-state index contributed by atoms with van der Waals surface area (Å²) in [6.45, 7) is 1.97. The molecule has 82 valence electrons. The number of carbonyl (C=O) groups is 1. The molecule has 1 aromatic heterocycles. The maximum atomic E-state index is 11.8. The second kappa shape index (κ2) is 5.41. The molecule has 0 bridgehead atoms. The van der Waals surface area contributed by atoms with Crippen molar-refractivity contribution in [3.63, 3.8) is 0 Å². The van der Waals surface area contributed by atoms with Crippen LogP contribution in [0.3, 0.4) is 0 Å². The molecule has 0 saturated heterocycles. The molecule has 0 aliphatic carbocycles. The lowest BCUT2D eigenvalue weighted by Crippen LogP contribution is -2.31. The fraction of sp³-hybridized carbons (Fsp3) is 0.500. The summed E-state index contributed by atoms with van der Waals surface area (Å²) in [6, 6.07) is -0.527. The second-order valence-electron chi connectivity index (χ2n) is 3.17. The topological polar surface area (TPSA) is 78.1 Å². The number of hydrogen-bond acceptors (Lipinski definition) is 5. The highest BCUT2D eigenvalue weighted by molar-refractivity contribution is 6.00. The minimum atomic E-state index is -0.527. The summed E-state index contributed by atoms with van der Waals surface area (Å²) < 4.78 is 4.94. The molecule has 1 unspecified atom stereocenters. The predicted molar refractivity (Wildman–Crippen MR) is 55.8 cm³/mol. The Hall–Kier alpha value is -1.49. The smallest absolute Gasteiger partial charge is 0.243 e.